The highest BCUT2D eigenvalue weighted by atomic mass is 35.5. The number of amides is 3. The number of carbonyl (C=O) groups is 3. The predicted octanol–water partition coefficient (Wildman–Crippen LogP) is 7.63. The number of hydrogen-bond acceptors (Lipinski definition) is 4. The van der Waals surface area contributed by atoms with E-state index in [0.717, 1.165) is 5.56 Å². The second-order valence-electron chi connectivity index (χ2n) is 10.3. The van der Waals surface area contributed by atoms with E-state index in [9.17, 15) is 14.4 Å². The lowest BCUT2D eigenvalue weighted by atomic mass is 9.59. The van der Waals surface area contributed by atoms with Crippen molar-refractivity contribution in [2.24, 2.45) is 0 Å². The second kappa shape index (κ2) is 11.0. The second-order valence-corrected chi connectivity index (χ2v) is 11.6. The van der Waals surface area contributed by atoms with Crippen molar-refractivity contribution >= 4 is 63.9 Å². The summed E-state index contributed by atoms with van der Waals surface area (Å²) in [6.07, 6.45) is 0.0493. The molecule has 0 aliphatic carbocycles. The first-order chi connectivity index (χ1) is 20.1. The molecule has 10 heteroatoms. The van der Waals surface area contributed by atoms with E-state index >= 15 is 0 Å². The minimum atomic E-state index is -1.30. The molecule has 42 heavy (non-hydrogen) atoms. The summed E-state index contributed by atoms with van der Waals surface area (Å²) in [6.45, 7) is 1.43. The minimum absolute atomic E-state index is 0.0493. The van der Waals surface area contributed by atoms with Crippen LogP contribution in [-0.2, 0) is 19.8 Å². The number of nitrogens with one attached hydrogen (secondary N) is 3. The van der Waals surface area contributed by atoms with Gasteiger partial charge in [0.15, 0.2) is 0 Å². The maximum Gasteiger partial charge on any atom is 0.238 e. The molecular formula is C32H24Cl3N3O4. The van der Waals surface area contributed by atoms with Gasteiger partial charge in [0, 0.05) is 51.3 Å². The van der Waals surface area contributed by atoms with Crippen molar-refractivity contribution < 1.29 is 19.1 Å². The Labute approximate surface area is 257 Å². The van der Waals surface area contributed by atoms with Crippen LogP contribution >= 0.6 is 34.8 Å². The van der Waals surface area contributed by atoms with Crippen LogP contribution < -0.4 is 20.7 Å². The zero-order chi connectivity index (χ0) is 29.6. The Balaban J connectivity index is 1.53. The molecule has 3 N–H and O–H groups in total. The van der Waals surface area contributed by atoms with Gasteiger partial charge in [0.25, 0.3) is 0 Å². The molecule has 6 rings (SSSR count). The molecule has 0 saturated carbocycles. The normalized spacial score (nSPS) is 21.0. The van der Waals surface area contributed by atoms with Crippen molar-refractivity contribution in [1.82, 2.24) is 5.32 Å². The van der Waals surface area contributed by atoms with Gasteiger partial charge in [-0.2, -0.15) is 0 Å². The molecule has 2 aliphatic rings. The van der Waals surface area contributed by atoms with Crippen molar-refractivity contribution in [2.75, 3.05) is 10.6 Å². The van der Waals surface area contributed by atoms with Gasteiger partial charge < -0.3 is 20.7 Å². The van der Waals surface area contributed by atoms with E-state index < -0.39 is 17.4 Å². The van der Waals surface area contributed by atoms with Gasteiger partial charge in [-0.3, -0.25) is 14.4 Å². The third-order valence-corrected chi connectivity index (χ3v) is 8.39. The summed E-state index contributed by atoms with van der Waals surface area (Å²) >= 11 is 19.3. The van der Waals surface area contributed by atoms with E-state index in [4.69, 9.17) is 39.5 Å². The van der Waals surface area contributed by atoms with Crippen LogP contribution in [0.3, 0.4) is 0 Å². The highest BCUT2D eigenvalue weighted by Gasteiger charge is 2.61. The molecule has 1 saturated heterocycles. The van der Waals surface area contributed by atoms with Crippen LogP contribution in [-0.4, -0.2) is 17.7 Å². The molecule has 3 amide bonds. The Morgan fingerprint density at radius 2 is 1.62 bits per heavy atom. The van der Waals surface area contributed by atoms with E-state index in [0.29, 0.717) is 49.1 Å². The van der Waals surface area contributed by atoms with Crippen LogP contribution in [0.15, 0.2) is 84.9 Å². The summed E-state index contributed by atoms with van der Waals surface area (Å²) in [6, 6.07) is 23.6. The number of rotatable bonds is 5. The SMILES string of the molecule is CC(=O)Nc1ccc(Oc2ccc(Cl)cc2[C@H]2NC(=O)C[C@@H](c3cccc(Cl)c3)[C@]23C(=O)Nc2cc(Cl)ccc23)cc1. The fourth-order valence-corrected chi connectivity index (χ4v) is 6.60. The van der Waals surface area contributed by atoms with Crippen LogP contribution in [0.4, 0.5) is 11.4 Å². The fourth-order valence-electron chi connectivity index (χ4n) is 6.04. The van der Waals surface area contributed by atoms with E-state index in [1.807, 2.05) is 12.1 Å². The summed E-state index contributed by atoms with van der Waals surface area (Å²) in [5.41, 5.74) is 1.85. The molecule has 3 atom stereocenters. The number of fused-ring (bicyclic) bond motifs is 2. The lowest BCUT2D eigenvalue weighted by Crippen LogP contribution is -2.56. The molecule has 0 radical (unpaired) electrons. The number of hydrogen-bond donors (Lipinski definition) is 3. The largest absolute Gasteiger partial charge is 0.457 e. The maximum absolute atomic E-state index is 14.3. The van der Waals surface area contributed by atoms with Gasteiger partial charge in [0.2, 0.25) is 17.7 Å². The van der Waals surface area contributed by atoms with Crippen molar-refractivity contribution in [3.8, 4) is 11.5 Å². The molecule has 2 heterocycles. The maximum atomic E-state index is 14.3. The lowest BCUT2D eigenvalue weighted by Gasteiger charge is -2.46. The standard InChI is InChI=1S/C32H24Cl3N3O4/c1-17(39)36-22-7-9-23(10-8-22)42-28-12-6-20(34)14-24(28)30-32(25-11-5-21(35)15-27(25)37-31(32)41)26(16-29(40)38-30)18-3-2-4-19(33)13-18/h2-15,26,30H,16H2,1H3,(H,36,39)(H,37,41)(H,38,40)/t26-,30+,32-/m0/s1. The van der Waals surface area contributed by atoms with Gasteiger partial charge in [-0.25, -0.2) is 0 Å². The molecule has 212 valence electrons. The molecular weight excluding hydrogens is 597 g/mol. The van der Waals surface area contributed by atoms with Crippen LogP contribution in [0.1, 0.15) is 42.0 Å². The lowest BCUT2D eigenvalue weighted by molar-refractivity contribution is -0.131. The molecule has 0 bridgehead atoms. The van der Waals surface area contributed by atoms with Gasteiger partial charge in [-0.1, -0.05) is 53.0 Å². The minimum Gasteiger partial charge on any atom is -0.457 e. The van der Waals surface area contributed by atoms with Gasteiger partial charge in [-0.05, 0) is 77.9 Å². The summed E-state index contributed by atoms with van der Waals surface area (Å²) in [7, 11) is 0. The Kier molecular flexibility index (Phi) is 7.35. The van der Waals surface area contributed by atoms with E-state index in [1.54, 1.807) is 72.8 Å². The zero-order valence-electron chi connectivity index (χ0n) is 22.2. The zero-order valence-corrected chi connectivity index (χ0v) is 24.5. The first-order valence-corrected chi connectivity index (χ1v) is 14.3. The van der Waals surface area contributed by atoms with Crippen LogP contribution in [0, 0.1) is 0 Å². The van der Waals surface area contributed by atoms with Crippen molar-refractivity contribution in [3.63, 3.8) is 0 Å². The Hall–Kier alpha value is -4.04. The molecule has 0 aromatic heterocycles. The highest BCUT2D eigenvalue weighted by Crippen LogP contribution is 2.58. The number of piperidine rings is 1. The van der Waals surface area contributed by atoms with Gasteiger partial charge in [0.1, 0.15) is 16.9 Å². The van der Waals surface area contributed by atoms with E-state index in [-0.39, 0.29) is 24.1 Å². The van der Waals surface area contributed by atoms with Crippen molar-refractivity contribution in [1.29, 1.82) is 0 Å². The molecule has 2 aliphatic heterocycles. The average Bonchev–Trinajstić information content (AvgIpc) is 3.22. The summed E-state index contributed by atoms with van der Waals surface area (Å²) in [4.78, 5) is 39.1. The monoisotopic (exact) mass is 619 g/mol. The smallest absolute Gasteiger partial charge is 0.238 e. The summed E-state index contributed by atoms with van der Waals surface area (Å²) in [5, 5.41) is 10.2. The summed E-state index contributed by atoms with van der Waals surface area (Å²) in [5.74, 6) is -0.415. The molecule has 7 nitrogen and oxygen atoms in total. The number of ether oxygens (including phenoxy) is 1. The topological polar surface area (TPSA) is 96.5 Å². The number of anilines is 2. The summed E-state index contributed by atoms with van der Waals surface area (Å²) < 4.78 is 6.32. The quantitative estimate of drug-likeness (QED) is 0.214. The number of benzene rings is 4. The molecule has 1 fully saturated rings. The number of halogens is 3. The van der Waals surface area contributed by atoms with Crippen LogP contribution in [0.5, 0.6) is 11.5 Å². The third-order valence-electron chi connectivity index (χ3n) is 7.69. The molecule has 4 aromatic rings. The van der Waals surface area contributed by atoms with Crippen molar-refractivity contribution in [2.45, 2.75) is 30.7 Å². The predicted molar refractivity (Wildman–Crippen MR) is 164 cm³/mol. The Morgan fingerprint density at radius 1 is 0.905 bits per heavy atom. The van der Waals surface area contributed by atoms with Gasteiger partial charge >= 0.3 is 0 Å². The van der Waals surface area contributed by atoms with Crippen LogP contribution in [0.25, 0.3) is 0 Å². The van der Waals surface area contributed by atoms with E-state index in [2.05, 4.69) is 16.0 Å². The Morgan fingerprint density at radius 3 is 2.36 bits per heavy atom. The van der Waals surface area contributed by atoms with Crippen LogP contribution in [0.2, 0.25) is 15.1 Å². The van der Waals surface area contributed by atoms with Crippen molar-refractivity contribution in [3.05, 3.63) is 117 Å². The van der Waals surface area contributed by atoms with Gasteiger partial charge in [0.05, 0.1) is 6.04 Å². The Bertz CT molecular complexity index is 1740. The van der Waals surface area contributed by atoms with Gasteiger partial charge in [-0.15, -0.1) is 0 Å². The molecule has 1 spiro atoms. The highest BCUT2D eigenvalue weighted by molar-refractivity contribution is 6.31. The molecule has 4 aromatic carbocycles. The fraction of sp³-hybridized carbons (Fsp3) is 0.156. The third kappa shape index (κ3) is 4.98. The first kappa shape index (κ1) is 28.1. The van der Waals surface area contributed by atoms with E-state index in [1.165, 1.54) is 6.92 Å². The molecule has 0 unspecified atom stereocenters. The number of carbonyl (C=O) groups excluding carboxylic acids is 3. The first-order valence-electron chi connectivity index (χ1n) is 13.2. The average molecular weight is 621 g/mol.